The van der Waals surface area contributed by atoms with Crippen molar-refractivity contribution < 1.29 is 9.84 Å². The van der Waals surface area contributed by atoms with E-state index in [1.54, 1.807) is 6.33 Å². The Bertz CT molecular complexity index is 844. The van der Waals surface area contributed by atoms with E-state index >= 15 is 0 Å². The smallest absolute Gasteiger partial charge is 0.134 e. The number of hydrogen-bond donors (Lipinski definition) is 3. The van der Waals surface area contributed by atoms with Crippen LogP contribution in [0.1, 0.15) is 24.0 Å². The molecule has 2 aliphatic heterocycles. The minimum atomic E-state index is -0.769. The molecule has 2 fully saturated rings. The van der Waals surface area contributed by atoms with Gasteiger partial charge >= 0.3 is 0 Å². The molecule has 2 aromatic rings. The predicted molar refractivity (Wildman–Crippen MR) is 122 cm³/mol. The fourth-order valence-corrected chi connectivity index (χ4v) is 4.40. The van der Waals surface area contributed by atoms with E-state index in [4.69, 9.17) is 4.74 Å². The second kappa shape index (κ2) is 10.4. The minimum Gasteiger partial charge on any atom is -0.387 e. The lowest BCUT2D eigenvalue weighted by molar-refractivity contribution is 0.0259. The van der Waals surface area contributed by atoms with Gasteiger partial charge in [0, 0.05) is 58.9 Å². The zero-order chi connectivity index (χ0) is 21.5. The number of anilines is 2. The van der Waals surface area contributed by atoms with Crippen LogP contribution in [0.2, 0.25) is 0 Å². The van der Waals surface area contributed by atoms with Crippen LogP contribution >= 0.6 is 0 Å². The molecule has 3 N–H and O–H groups in total. The van der Waals surface area contributed by atoms with Gasteiger partial charge in [0.1, 0.15) is 18.0 Å². The molecule has 4 rings (SSSR count). The van der Waals surface area contributed by atoms with Crippen molar-refractivity contribution >= 4 is 11.6 Å². The number of β-amino-alcohol motifs (C(OH)–C–C–N with tert-alkyl or cyclic N) is 1. The van der Waals surface area contributed by atoms with E-state index in [1.807, 2.05) is 13.1 Å². The van der Waals surface area contributed by atoms with Gasteiger partial charge in [-0.3, -0.25) is 4.90 Å². The van der Waals surface area contributed by atoms with Crippen LogP contribution in [0, 0.1) is 0 Å². The number of rotatable bonds is 8. The highest BCUT2D eigenvalue weighted by molar-refractivity contribution is 5.48. The molecule has 0 bridgehead atoms. The standard InChI is InChI=1S/C23H34N6O2/c1-24-21-13-22(27-18-26-21)29-7-3-6-23(30,17-29)16-25-14-19-4-2-5-20(12-19)15-28-8-10-31-11-9-28/h2,4-5,12-13,18,25,30H,3,6-11,14-17H2,1H3,(H,24,26,27)/t23-/m1/s1. The van der Waals surface area contributed by atoms with E-state index in [-0.39, 0.29) is 0 Å². The Hall–Kier alpha value is -2.26. The van der Waals surface area contributed by atoms with Gasteiger partial charge in [-0.15, -0.1) is 0 Å². The van der Waals surface area contributed by atoms with Gasteiger partial charge in [0.15, 0.2) is 0 Å². The van der Waals surface area contributed by atoms with Crippen molar-refractivity contribution in [1.29, 1.82) is 0 Å². The molecule has 8 heteroatoms. The van der Waals surface area contributed by atoms with Gasteiger partial charge in [-0.2, -0.15) is 0 Å². The van der Waals surface area contributed by atoms with Crippen molar-refractivity contribution in [3.05, 3.63) is 47.8 Å². The lowest BCUT2D eigenvalue weighted by Crippen LogP contribution is -2.53. The average molecular weight is 427 g/mol. The van der Waals surface area contributed by atoms with Gasteiger partial charge in [0.25, 0.3) is 0 Å². The number of piperidine rings is 1. The first kappa shape index (κ1) is 22.0. The zero-order valence-electron chi connectivity index (χ0n) is 18.4. The number of aliphatic hydroxyl groups is 1. The van der Waals surface area contributed by atoms with Gasteiger partial charge in [0.05, 0.1) is 18.8 Å². The summed E-state index contributed by atoms with van der Waals surface area (Å²) in [5.41, 5.74) is 1.80. The van der Waals surface area contributed by atoms with Gasteiger partial charge in [0.2, 0.25) is 0 Å². The Morgan fingerprint density at radius 3 is 2.81 bits per heavy atom. The molecular weight excluding hydrogens is 392 g/mol. The van der Waals surface area contributed by atoms with Crippen LogP contribution in [-0.4, -0.2) is 78.6 Å². The van der Waals surface area contributed by atoms with E-state index < -0.39 is 5.60 Å². The first-order valence-electron chi connectivity index (χ1n) is 11.2. The fourth-order valence-electron chi connectivity index (χ4n) is 4.40. The number of ether oxygens (including phenoxy) is 1. The highest BCUT2D eigenvalue weighted by atomic mass is 16.5. The Balaban J connectivity index is 1.29. The summed E-state index contributed by atoms with van der Waals surface area (Å²) in [6, 6.07) is 10.6. The van der Waals surface area contributed by atoms with Crippen LogP contribution in [-0.2, 0) is 17.8 Å². The third kappa shape index (κ3) is 6.13. The molecule has 0 amide bonds. The Labute approximate surface area is 184 Å². The molecule has 168 valence electrons. The summed E-state index contributed by atoms with van der Waals surface area (Å²) in [4.78, 5) is 13.2. The van der Waals surface area contributed by atoms with Crippen molar-refractivity contribution in [2.24, 2.45) is 0 Å². The summed E-state index contributed by atoms with van der Waals surface area (Å²) < 4.78 is 5.44. The van der Waals surface area contributed by atoms with E-state index in [9.17, 15) is 5.11 Å². The lowest BCUT2D eigenvalue weighted by atomic mass is 9.92. The van der Waals surface area contributed by atoms with Crippen LogP contribution in [0.25, 0.3) is 0 Å². The Morgan fingerprint density at radius 2 is 1.97 bits per heavy atom. The maximum absolute atomic E-state index is 11.2. The quantitative estimate of drug-likeness (QED) is 0.585. The molecule has 0 aliphatic carbocycles. The highest BCUT2D eigenvalue weighted by Crippen LogP contribution is 2.25. The summed E-state index contributed by atoms with van der Waals surface area (Å²) in [6.45, 7) is 7.36. The number of hydrogen-bond acceptors (Lipinski definition) is 8. The summed E-state index contributed by atoms with van der Waals surface area (Å²) in [5.74, 6) is 1.64. The third-order valence-corrected chi connectivity index (χ3v) is 6.07. The van der Waals surface area contributed by atoms with Crippen LogP contribution in [0.15, 0.2) is 36.7 Å². The highest BCUT2D eigenvalue weighted by Gasteiger charge is 2.33. The molecule has 0 spiro atoms. The second-order valence-corrected chi connectivity index (χ2v) is 8.57. The molecule has 0 unspecified atom stereocenters. The number of morpholine rings is 1. The molecule has 3 heterocycles. The van der Waals surface area contributed by atoms with Gasteiger partial charge < -0.3 is 25.4 Å². The van der Waals surface area contributed by atoms with Crippen molar-refractivity contribution in [2.45, 2.75) is 31.5 Å². The maximum Gasteiger partial charge on any atom is 0.134 e. The number of aromatic nitrogens is 2. The fraction of sp³-hybridized carbons (Fsp3) is 0.565. The minimum absolute atomic E-state index is 0.557. The number of nitrogens with one attached hydrogen (secondary N) is 2. The second-order valence-electron chi connectivity index (χ2n) is 8.57. The first-order valence-corrected chi connectivity index (χ1v) is 11.2. The van der Waals surface area contributed by atoms with Gasteiger partial charge in [-0.1, -0.05) is 24.3 Å². The van der Waals surface area contributed by atoms with E-state index in [0.717, 1.165) is 70.4 Å². The summed E-state index contributed by atoms with van der Waals surface area (Å²) >= 11 is 0. The Kier molecular flexibility index (Phi) is 7.34. The van der Waals surface area contributed by atoms with E-state index in [0.29, 0.717) is 13.1 Å². The largest absolute Gasteiger partial charge is 0.387 e. The molecule has 8 nitrogen and oxygen atoms in total. The number of benzene rings is 1. The Morgan fingerprint density at radius 1 is 1.13 bits per heavy atom. The predicted octanol–water partition coefficient (Wildman–Crippen LogP) is 1.47. The van der Waals surface area contributed by atoms with Gasteiger partial charge in [-0.25, -0.2) is 9.97 Å². The molecule has 2 saturated heterocycles. The van der Waals surface area contributed by atoms with Crippen LogP contribution in [0.3, 0.4) is 0 Å². The van der Waals surface area contributed by atoms with Gasteiger partial charge in [-0.05, 0) is 24.0 Å². The summed E-state index contributed by atoms with van der Waals surface area (Å²) in [6.07, 6.45) is 3.29. The molecule has 2 aliphatic rings. The molecule has 1 aromatic carbocycles. The van der Waals surface area contributed by atoms with E-state index in [1.165, 1.54) is 11.1 Å². The van der Waals surface area contributed by atoms with Crippen LogP contribution in [0.5, 0.6) is 0 Å². The molecule has 1 atom stereocenters. The molecule has 31 heavy (non-hydrogen) atoms. The summed E-state index contributed by atoms with van der Waals surface area (Å²) in [7, 11) is 1.85. The van der Waals surface area contributed by atoms with Crippen molar-refractivity contribution in [3.8, 4) is 0 Å². The molecular formula is C23H34N6O2. The first-order chi connectivity index (χ1) is 15.1. The maximum atomic E-state index is 11.2. The topological polar surface area (TPSA) is 85.8 Å². The normalized spacial score (nSPS) is 22.5. The molecule has 0 radical (unpaired) electrons. The lowest BCUT2D eigenvalue weighted by Gasteiger charge is -2.40. The van der Waals surface area contributed by atoms with E-state index in [2.05, 4.69) is 54.7 Å². The van der Waals surface area contributed by atoms with Crippen LogP contribution < -0.4 is 15.5 Å². The van der Waals surface area contributed by atoms with Crippen molar-refractivity contribution in [2.75, 3.05) is 63.2 Å². The van der Waals surface area contributed by atoms with Crippen molar-refractivity contribution in [3.63, 3.8) is 0 Å². The van der Waals surface area contributed by atoms with Crippen LogP contribution in [0.4, 0.5) is 11.6 Å². The molecule has 1 aromatic heterocycles. The molecule has 0 saturated carbocycles. The third-order valence-electron chi connectivity index (χ3n) is 6.07. The SMILES string of the molecule is CNc1cc(N2CCC[C@@](O)(CNCc3cccc(CN4CCOCC4)c3)C2)ncn1. The monoisotopic (exact) mass is 426 g/mol. The number of nitrogens with zero attached hydrogens (tertiary/aromatic N) is 4. The average Bonchev–Trinajstić information content (AvgIpc) is 2.80. The zero-order valence-corrected chi connectivity index (χ0v) is 18.4. The summed E-state index contributed by atoms with van der Waals surface area (Å²) in [5, 5.41) is 17.7. The van der Waals surface area contributed by atoms with Crippen molar-refractivity contribution in [1.82, 2.24) is 20.2 Å².